The highest BCUT2D eigenvalue weighted by atomic mass is 16.6. The molecule has 0 atom stereocenters. The quantitative estimate of drug-likeness (QED) is 0.697. The highest BCUT2D eigenvalue weighted by molar-refractivity contribution is 5.91. The summed E-state index contributed by atoms with van der Waals surface area (Å²) in [6, 6.07) is 2.11. The molecule has 0 unspecified atom stereocenters. The fourth-order valence-electron chi connectivity index (χ4n) is 2.35. The first-order valence-corrected chi connectivity index (χ1v) is 6.12. The van der Waals surface area contributed by atoms with Crippen LogP contribution in [0.3, 0.4) is 0 Å². The van der Waals surface area contributed by atoms with Gasteiger partial charge >= 0.3 is 0 Å². The maximum atomic E-state index is 5.04. The van der Waals surface area contributed by atoms with E-state index in [1.165, 1.54) is 11.1 Å². The van der Waals surface area contributed by atoms with E-state index >= 15 is 0 Å². The van der Waals surface area contributed by atoms with Crippen molar-refractivity contribution < 1.29 is 10.3 Å². The Kier molecular flexibility index (Phi) is 3.10. The third-order valence-electron chi connectivity index (χ3n) is 3.22. The van der Waals surface area contributed by atoms with Gasteiger partial charge in [0.15, 0.2) is 5.69 Å². The Hall–Kier alpha value is -1.69. The summed E-state index contributed by atoms with van der Waals surface area (Å²) in [6.45, 7) is 1.98. The largest absolute Gasteiger partial charge is 0.346 e. The van der Waals surface area contributed by atoms with Crippen molar-refractivity contribution in [1.29, 1.82) is 0 Å². The van der Waals surface area contributed by atoms with Crippen LogP contribution in [0.1, 0.15) is 12.0 Å². The second-order valence-electron chi connectivity index (χ2n) is 4.40. The van der Waals surface area contributed by atoms with Crippen LogP contribution >= 0.6 is 0 Å². The van der Waals surface area contributed by atoms with Gasteiger partial charge in [-0.25, -0.2) is 9.82 Å². The van der Waals surface area contributed by atoms with E-state index in [0.29, 0.717) is 0 Å². The third kappa shape index (κ3) is 2.03. The molecule has 0 aliphatic carbocycles. The minimum absolute atomic E-state index is 0.928. The lowest BCUT2D eigenvalue weighted by Gasteiger charge is -2.13. The number of pyridine rings is 1. The molecule has 0 fully saturated rings. The van der Waals surface area contributed by atoms with E-state index in [9.17, 15) is 0 Å². The summed E-state index contributed by atoms with van der Waals surface area (Å²) in [5.41, 5.74) is 6.26. The highest BCUT2D eigenvalue weighted by Crippen LogP contribution is 2.27. The topological polar surface area (TPSA) is 66.5 Å². The van der Waals surface area contributed by atoms with Gasteiger partial charge < -0.3 is 10.3 Å². The van der Waals surface area contributed by atoms with Crippen LogP contribution in [0.25, 0.3) is 16.6 Å². The first-order valence-electron chi connectivity index (χ1n) is 6.12. The van der Waals surface area contributed by atoms with Gasteiger partial charge in [0.25, 0.3) is 0 Å². The summed E-state index contributed by atoms with van der Waals surface area (Å²) in [6.07, 6.45) is 7.16. The molecule has 0 amide bonds. The van der Waals surface area contributed by atoms with Gasteiger partial charge in [-0.3, -0.25) is 0 Å². The molecule has 94 valence electrons. The average Bonchev–Trinajstić information content (AvgIpc) is 2.83. The number of hydrogen-bond acceptors (Lipinski definition) is 3. The summed E-state index contributed by atoms with van der Waals surface area (Å²) in [4.78, 5) is 12.7. The summed E-state index contributed by atoms with van der Waals surface area (Å²) in [5.74, 6) is 0. The molecule has 1 aliphatic heterocycles. The minimum atomic E-state index is 0.928. The smallest absolute Gasteiger partial charge is 0.181 e. The zero-order chi connectivity index (χ0) is 12.4. The van der Waals surface area contributed by atoms with Crippen LogP contribution in [0.2, 0.25) is 0 Å². The van der Waals surface area contributed by atoms with Crippen LogP contribution in [0, 0.1) is 0 Å². The molecule has 0 bridgehead atoms. The van der Waals surface area contributed by atoms with Crippen LogP contribution in [-0.2, 0) is 4.84 Å². The summed E-state index contributed by atoms with van der Waals surface area (Å²) in [5, 5.41) is 4.49. The molecule has 1 aliphatic rings. The van der Waals surface area contributed by atoms with Gasteiger partial charge in [-0.05, 0) is 18.5 Å². The number of fused-ring (bicyclic) bond motifs is 1. The van der Waals surface area contributed by atoms with E-state index in [2.05, 4.69) is 27.4 Å². The van der Waals surface area contributed by atoms with Crippen LogP contribution in [0.15, 0.2) is 24.5 Å². The Balaban J connectivity index is 2.06. The van der Waals surface area contributed by atoms with E-state index in [1.807, 2.05) is 12.4 Å². The van der Waals surface area contributed by atoms with Crippen LogP contribution in [-0.4, -0.2) is 30.2 Å². The second kappa shape index (κ2) is 4.89. The highest BCUT2D eigenvalue weighted by Gasteiger charge is 2.13. The lowest BCUT2D eigenvalue weighted by molar-refractivity contribution is -0.830. The first-order chi connectivity index (χ1) is 8.88. The van der Waals surface area contributed by atoms with Crippen LogP contribution in [0.5, 0.6) is 0 Å². The number of H-pyrrole nitrogens is 1. The molecule has 4 N–H and O–H groups in total. The monoisotopic (exact) mass is 245 g/mol. The van der Waals surface area contributed by atoms with Gasteiger partial charge in [-0.1, -0.05) is 6.08 Å². The lowest BCUT2D eigenvalue weighted by atomic mass is 10.0. The van der Waals surface area contributed by atoms with Crippen molar-refractivity contribution in [1.82, 2.24) is 15.3 Å². The second-order valence-corrected chi connectivity index (χ2v) is 4.40. The van der Waals surface area contributed by atoms with E-state index < -0.39 is 0 Å². The molecule has 3 rings (SSSR count). The average molecular weight is 245 g/mol. The van der Waals surface area contributed by atoms with Gasteiger partial charge in [0, 0.05) is 29.8 Å². The van der Waals surface area contributed by atoms with Crippen molar-refractivity contribution in [2.24, 2.45) is 0 Å². The van der Waals surface area contributed by atoms with Crippen molar-refractivity contribution in [3.05, 3.63) is 30.1 Å². The molecule has 0 saturated heterocycles. The Morgan fingerprint density at radius 1 is 1.44 bits per heavy atom. The predicted molar refractivity (Wildman–Crippen MR) is 70.2 cm³/mol. The molecule has 0 spiro atoms. The number of nitrogens with two attached hydrogens (primary N) is 1. The standard InChI is InChI=1S/C13H16N4O/c1-18-17-10-6-11-12(8-16-13(11)15-7-10)9-2-4-14-5-3-9/h2,6-8,14,17H,3-5H2,1H3,(H,15,16)/p+1. The number of aromatic nitrogens is 2. The lowest BCUT2D eigenvalue weighted by Crippen LogP contribution is -2.75. The fourth-order valence-corrected chi connectivity index (χ4v) is 2.35. The molecule has 0 aromatic carbocycles. The van der Waals surface area contributed by atoms with Crippen molar-refractivity contribution in [3.8, 4) is 0 Å². The van der Waals surface area contributed by atoms with Crippen molar-refractivity contribution in [3.63, 3.8) is 0 Å². The number of rotatable bonds is 3. The summed E-state index contributed by atoms with van der Waals surface area (Å²) >= 11 is 0. The van der Waals surface area contributed by atoms with E-state index in [-0.39, 0.29) is 0 Å². The van der Waals surface area contributed by atoms with Crippen molar-refractivity contribution in [2.75, 3.05) is 20.2 Å². The Morgan fingerprint density at radius 2 is 2.39 bits per heavy atom. The van der Waals surface area contributed by atoms with Gasteiger partial charge in [0.05, 0.1) is 13.3 Å². The molecule has 2 aromatic rings. The molecule has 3 heterocycles. The normalized spacial score (nSPS) is 15.9. The Bertz CT molecular complexity index is 588. The number of hydrogen-bond donors (Lipinski definition) is 3. The zero-order valence-corrected chi connectivity index (χ0v) is 10.4. The van der Waals surface area contributed by atoms with Crippen molar-refractivity contribution >= 4 is 22.3 Å². The Morgan fingerprint density at radius 3 is 3.17 bits per heavy atom. The zero-order valence-electron chi connectivity index (χ0n) is 10.4. The molecule has 2 aromatic heterocycles. The van der Waals surface area contributed by atoms with Crippen LogP contribution < -0.4 is 10.8 Å². The van der Waals surface area contributed by atoms with E-state index in [1.54, 1.807) is 12.6 Å². The van der Waals surface area contributed by atoms with Gasteiger partial charge in [-0.15, -0.1) is 0 Å². The van der Waals surface area contributed by atoms with Gasteiger partial charge in [-0.2, -0.15) is 5.48 Å². The summed E-state index contributed by atoms with van der Waals surface area (Å²) in [7, 11) is 1.65. The minimum Gasteiger partial charge on any atom is -0.346 e. The third-order valence-corrected chi connectivity index (χ3v) is 3.22. The maximum absolute atomic E-state index is 5.04. The number of quaternary nitrogens is 1. The molecule has 0 saturated carbocycles. The molecular formula is C13H17N4O+. The van der Waals surface area contributed by atoms with Gasteiger partial charge in [0.1, 0.15) is 5.65 Å². The molecule has 5 heteroatoms. The Labute approximate surface area is 105 Å². The fraction of sp³-hybridized carbons (Fsp3) is 0.308. The molecule has 5 nitrogen and oxygen atoms in total. The molecule has 18 heavy (non-hydrogen) atoms. The van der Waals surface area contributed by atoms with Crippen LogP contribution in [0.4, 0.5) is 5.69 Å². The van der Waals surface area contributed by atoms with E-state index in [0.717, 1.165) is 36.2 Å². The number of nitrogens with zero attached hydrogens (tertiary/aromatic N) is 1. The summed E-state index contributed by atoms with van der Waals surface area (Å²) < 4.78 is 0. The molecular weight excluding hydrogens is 228 g/mol. The SMILES string of the molecule is CO[NH2+]c1cnc2[nH]cc(C3=CCNCC3)c2c1. The molecule has 0 radical (unpaired) electrons. The number of nitrogens with one attached hydrogen (secondary N) is 2. The van der Waals surface area contributed by atoms with Gasteiger partial charge in [0.2, 0.25) is 0 Å². The van der Waals surface area contributed by atoms with E-state index in [4.69, 9.17) is 4.84 Å². The number of aromatic amines is 1. The first kappa shape index (κ1) is 11.4. The predicted octanol–water partition coefficient (Wildman–Crippen LogP) is 0.696. The maximum Gasteiger partial charge on any atom is 0.181 e. The van der Waals surface area contributed by atoms with Crippen molar-refractivity contribution in [2.45, 2.75) is 6.42 Å².